The van der Waals surface area contributed by atoms with Crippen LogP contribution in [0, 0.1) is 6.92 Å². The third-order valence-electron chi connectivity index (χ3n) is 8.40. The number of aryl methyl sites for hydroxylation is 1. The number of carbonyl (C=O) groups is 2. The van der Waals surface area contributed by atoms with Gasteiger partial charge in [-0.1, -0.05) is 120 Å². The van der Waals surface area contributed by atoms with Gasteiger partial charge in [-0.2, -0.15) is 0 Å². The second-order valence-corrected chi connectivity index (χ2v) is 14.6. The van der Waals surface area contributed by atoms with Crippen molar-refractivity contribution in [3.05, 3.63) is 130 Å². The van der Waals surface area contributed by atoms with Gasteiger partial charge in [0.1, 0.15) is 12.6 Å². The number of rotatable bonds is 12. The fraction of sp³-hybridized carbons (Fsp3) is 0.297. The maximum Gasteiger partial charge on any atom is 0.264 e. The number of amides is 2. The lowest BCUT2D eigenvalue weighted by Crippen LogP contribution is -2.55. The molecule has 4 aromatic rings. The molecule has 0 heterocycles. The van der Waals surface area contributed by atoms with Crippen molar-refractivity contribution in [1.82, 2.24) is 10.2 Å². The summed E-state index contributed by atoms with van der Waals surface area (Å²) >= 11 is 3.46. The maximum atomic E-state index is 14.6. The van der Waals surface area contributed by atoms with Crippen LogP contribution in [0.4, 0.5) is 5.69 Å². The van der Waals surface area contributed by atoms with Gasteiger partial charge < -0.3 is 10.2 Å². The fourth-order valence-corrected chi connectivity index (χ4v) is 7.67. The van der Waals surface area contributed by atoms with Crippen LogP contribution in [-0.2, 0) is 32.6 Å². The summed E-state index contributed by atoms with van der Waals surface area (Å²) in [4.78, 5) is 30.4. The van der Waals surface area contributed by atoms with Crippen molar-refractivity contribution >= 4 is 43.5 Å². The molecule has 4 aromatic carbocycles. The SMILES string of the molecule is Cc1ccc(S(=O)(=O)N(CC(=O)N(Cc2ccccc2)C(Cc2ccccc2)C(=O)NC2CCCCC2)c2cccc(Br)c2)cc1. The number of sulfonamides is 1. The van der Waals surface area contributed by atoms with E-state index in [-0.39, 0.29) is 23.4 Å². The average Bonchev–Trinajstić information content (AvgIpc) is 3.06. The van der Waals surface area contributed by atoms with E-state index in [1.165, 1.54) is 0 Å². The minimum atomic E-state index is -4.15. The summed E-state index contributed by atoms with van der Waals surface area (Å²) in [6.45, 7) is 1.55. The van der Waals surface area contributed by atoms with Crippen molar-refractivity contribution in [3.8, 4) is 0 Å². The molecule has 0 bridgehead atoms. The Bertz CT molecular complexity index is 1710. The first kappa shape index (κ1) is 33.4. The summed E-state index contributed by atoms with van der Waals surface area (Å²) in [5.41, 5.74) is 3.02. The molecular formula is C37H40BrN3O4S. The van der Waals surface area contributed by atoms with Crippen molar-refractivity contribution in [3.63, 3.8) is 0 Å². The zero-order chi connectivity index (χ0) is 32.5. The minimum absolute atomic E-state index is 0.0493. The lowest BCUT2D eigenvalue weighted by Gasteiger charge is -2.35. The molecule has 1 N–H and O–H groups in total. The van der Waals surface area contributed by atoms with Gasteiger partial charge in [-0.05, 0) is 61.2 Å². The topological polar surface area (TPSA) is 86.8 Å². The highest BCUT2D eigenvalue weighted by molar-refractivity contribution is 9.10. The molecule has 240 valence electrons. The molecule has 0 aliphatic heterocycles. The third-order valence-corrected chi connectivity index (χ3v) is 10.7. The van der Waals surface area contributed by atoms with Crippen LogP contribution in [0.3, 0.4) is 0 Å². The van der Waals surface area contributed by atoms with Gasteiger partial charge in [0, 0.05) is 23.5 Å². The summed E-state index contributed by atoms with van der Waals surface area (Å²) < 4.78 is 30.2. The van der Waals surface area contributed by atoms with Crippen molar-refractivity contribution < 1.29 is 18.0 Å². The normalized spacial score (nSPS) is 14.3. The number of nitrogens with one attached hydrogen (secondary N) is 1. The van der Waals surface area contributed by atoms with Gasteiger partial charge in [0.05, 0.1) is 10.6 Å². The molecule has 2 amide bonds. The molecule has 0 radical (unpaired) electrons. The Morgan fingerprint density at radius 1 is 0.826 bits per heavy atom. The zero-order valence-electron chi connectivity index (χ0n) is 26.0. The Labute approximate surface area is 280 Å². The monoisotopic (exact) mass is 701 g/mol. The third kappa shape index (κ3) is 8.65. The fourth-order valence-electron chi connectivity index (χ4n) is 5.88. The Hall–Kier alpha value is -3.95. The molecule has 9 heteroatoms. The minimum Gasteiger partial charge on any atom is -0.352 e. The lowest BCUT2D eigenvalue weighted by molar-refractivity contribution is -0.140. The van der Waals surface area contributed by atoms with Gasteiger partial charge in [0.25, 0.3) is 10.0 Å². The first-order chi connectivity index (χ1) is 22.2. The van der Waals surface area contributed by atoms with Gasteiger partial charge in [0.2, 0.25) is 11.8 Å². The van der Waals surface area contributed by atoms with Gasteiger partial charge in [-0.25, -0.2) is 8.42 Å². The van der Waals surface area contributed by atoms with E-state index in [9.17, 15) is 18.0 Å². The summed E-state index contributed by atoms with van der Waals surface area (Å²) in [6.07, 6.45) is 5.36. The molecule has 0 spiro atoms. The highest BCUT2D eigenvalue weighted by Gasteiger charge is 2.35. The van der Waals surface area contributed by atoms with Gasteiger partial charge >= 0.3 is 0 Å². The quantitative estimate of drug-likeness (QED) is 0.172. The van der Waals surface area contributed by atoms with Crippen molar-refractivity contribution in [1.29, 1.82) is 0 Å². The molecule has 46 heavy (non-hydrogen) atoms. The Kier molecular flexibility index (Phi) is 11.3. The average molecular weight is 703 g/mol. The second kappa shape index (κ2) is 15.6. The molecule has 1 fully saturated rings. The molecule has 1 unspecified atom stereocenters. The lowest BCUT2D eigenvalue weighted by atomic mass is 9.94. The van der Waals surface area contributed by atoms with E-state index in [2.05, 4.69) is 21.2 Å². The first-order valence-corrected chi connectivity index (χ1v) is 18.0. The molecule has 1 aliphatic rings. The maximum absolute atomic E-state index is 14.6. The van der Waals surface area contributed by atoms with Crippen LogP contribution in [0.25, 0.3) is 0 Å². The highest BCUT2D eigenvalue weighted by Crippen LogP contribution is 2.28. The van der Waals surface area contributed by atoms with E-state index in [1.807, 2.05) is 67.6 Å². The van der Waals surface area contributed by atoms with Crippen LogP contribution in [-0.4, -0.2) is 43.8 Å². The highest BCUT2D eigenvalue weighted by atomic mass is 79.9. The van der Waals surface area contributed by atoms with E-state index in [0.717, 1.165) is 53.1 Å². The number of hydrogen-bond donors (Lipinski definition) is 1. The molecule has 0 aromatic heterocycles. The summed E-state index contributed by atoms with van der Waals surface area (Å²) in [5.74, 6) is -0.699. The molecule has 0 saturated heterocycles. The molecule has 1 atom stereocenters. The van der Waals surface area contributed by atoms with Crippen LogP contribution >= 0.6 is 15.9 Å². The molecule has 1 saturated carbocycles. The predicted molar refractivity (Wildman–Crippen MR) is 186 cm³/mol. The number of benzene rings is 4. The van der Waals surface area contributed by atoms with E-state index >= 15 is 0 Å². The van der Waals surface area contributed by atoms with Crippen LogP contribution in [0.1, 0.15) is 48.8 Å². The molecule has 5 rings (SSSR count). The van der Waals surface area contributed by atoms with Crippen LogP contribution in [0.5, 0.6) is 0 Å². The zero-order valence-corrected chi connectivity index (χ0v) is 28.4. The second-order valence-electron chi connectivity index (χ2n) is 11.9. The Morgan fingerprint density at radius 2 is 1.46 bits per heavy atom. The summed E-state index contributed by atoms with van der Waals surface area (Å²) in [5, 5.41) is 3.24. The largest absolute Gasteiger partial charge is 0.352 e. The van der Waals surface area contributed by atoms with Gasteiger partial charge in [-0.3, -0.25) is 13.9 Å². The summed E-state index contributed by atoms with van der Waals surface area (Å²) in [7, 11) is -4.15. The number of halogens is 1. The molecular weight excluding hydrogens is 662 g/mol. The standard InChI is InChI=1S/C37H40BrN3O4S/c1-28-20-22-34(23-21-28)46(44,45)41(33-19-11-16-31(38)25-33)27-36(42)40(26-30-14-7-3-8-15-30)35(24-29-12-5-2-6-13-29)37(43)39-32-17-9-4-10-18-32/h2-3,5-8,11-16,19-23,25,32,35H,4,9-10,17-18,24,26-27H2,1H3,(H,39,43). The molecule has 1 aliphatic carbocycles. The van der Waals surface area contributed by atoms with Gasteiger partial charge in [0.15, 0.2) is 0 Å². The smallest absolute Gasteiger partial charge is 0.264 e. The molecule has 7 nitrogen and oxygen atoms in total. The summed E-state index contributed by atoms with van der Waals surface area (Å²) in [6, 6.07) is 31.8. The van der Waals surface area contributed by atoms with Crippen LogP contribution in [0.15, 0.2) is 119 Å². The number of nitrogens with zero attached hydrogens (tertiary/aromatic N) is 2. The van der Waals surface area contributed by atoms with Crippen molar-refractivity contribution in [2.45, 2.75) is 69.0 Å². The van der Waals surface area contributed by atoms with E-state index in [1.54, 1.807) is 53.4 Å². The predicted octanol–water partition coefficient (Wildman–Crippen LogP) is 7.04. The van der Waals surface area contributed by atoms with Crippen LogP contribution in [0.2, 0.25) is 0 Å². The Balaban J connectivity index is 1.55. The number of hydrogen-bond acceptors (Lipinski definition) is 4. The number of anilines is 1. The van der Waals surface area contributed by atoms with Crippen molar-refractivity contribution in [2.24, 2.45) is 0 Å². The Morgan fingerprint density at radius 3 is 2.09 bits per heavy atom. The number of carbonyl (C=O) groups excluding carboxylic acids is 2. The van der Waals surface area contributed by atoms with E-state index < -0.39 is 28.5 Å². The first-order valence-electron chi connectivity index (χ1n) is 15.7. The van der Waals surface area contributed by atoms with Gasteiger partial charge in [-0.15, -0.1) is 0 Å². The van der Waals surface area contributed by atoms with Crippen LogP contribution < -0.4 is 9.62 Å². The van der Waals surface area contributed by atoms with E-state index in [4.69, 9.17) is 0 Å². The van der Waals surface area contributed by atoms with Crippen molar-refractivity contribution in [2.75, 3.05) is 10.8 Å². The van der Waals surface area contributed by atoms with E-state index in [0.29, 0.717) is 16.6 Å².